The molecule has 0 aliphatic carbocycles. The lowest BCUT2D eigenvalue weighted by Gasteiger charge is -2.27. The summed E-state index contributed by atoms with van der Waals surface area (Å²) in [5, 5.41) is 11.4. The van der Waals surface area contributed by atoms with Crippen molar-refractivity contribution in [3.8, 4) is 11.5 Å². The third-order valence-corrected chi connectivity index (χ3v) is 7.02. The molecule has 2 atom stereocenters. The number of ketones is 1. The number of carbonyl (C=O) groups excluding carboxylic acids is 2. The van der Waals surface area contributed by atoms with Crippen LogP contribution in [0.15, 0.2) is 60.7 Å². The summed E-state index contributed by atoms with van der Waals surface area (Å²) in [7, 11) is 0. The number of fused-ring (bicyclic) bond motifs is 1. The van der Waals surface area contributed by atoms with Crippen LogP contribution in [-0.4, -0.2) is 65.5 Å². The molecule has 2 aliphatic heterocycles. The number of rotatable bonds is 11. The summed E-state index contributed by atoms with van der Waals surface area (Å²) in [5.41, 5.74) is 2.28. The molecule has 7 nitrogen and oxygen atoms in total. The molecule has 196 valence electrons. The summed E-state index contributed by atoms with van der Waals surface area (Å²) in [5.74, 6) is -0.0526. The predicted molar refractivity (Wildman–Crippen MR) is 144 cm³/mol. The van der Waals surface area contributed by atoms with E-state index >= 15 is 0 Å². The molecule has 37 heavy (non-hydrogen) atoms. The zero-order valence-corrected chi connectivity index (χ0v) is 21.9. The molecular weight excluding hydrogens is 468 g/mol. The highest BCUT2D eigenvalue weighted by molar-refractivity contribution is 6.46. The van der Waals surface area contributed by atoms with Gasteiger partial charge in [-0.15, -0.1) is 0 Å². The average Bonchev–Trinajstić information content (AvgIpc) is 3.40. The van der Waals surface area contributed by atoms with Crippen LogP contribution in [0.1, 0.15) is 49.9 Å². The van der Waals surface area contributed by atoms with Crippen LogP contribution < -0.4 is 9.47 Å². The number of hydrogen-bond donors (Lipinski definition) is 1. The van der Waals surface area contributed by atoms with Crippen molar-refractivity contribution >= 4 is 17.4 Å². The van der Waals surface area contributed by atoms with E-state index in [9.17, 15) is 14.7 Å². The van der Waals surface area contributed by atoms with Gasteiger partial charge in [0.1, 0.15) is 30.0 Å². The van der Waals surface area contributed by atoms with E-state index in [-0.39, 0.29) is 17.4 Å². The summed E-state index contributed by atoms with van der Waals surface area (Å²) < 4.78 is 11.5. The minimum atomic E-state index is -0.715. The van der Waals surface area contributed by atoms with Gasteiger partial charge in [-0.1, -0.05) is 38.6 Å². The summed E-state index contributed by atoms with van der Waals surface area (Å²) in [6, 6.07) is 12.0. The fourth-order valence-corrected chi connectivity index (χ4v) is 5.12. The molecule has 2 aromatic carbocycles. The van der Waals surface area contributed by atoms with Crippen LogP contribution in [0.4, 0.5) is 0 Å². The fraction of sp³-hybridized carbons (Fsp3) is 0.400. The Morgan fingerprint density at radius 1 is 1.22 bits per heavy atom. The molecular formula is C30H36N2O5. The number of amides is 1. The third-order valence-electron chi connectivity index (χ3n) is 7.02. The normalized spacial score (nSPS) is 20.3. The summed E-state index contributed by atoms with van der Waals surface area (Å²) in [4.78, 5) is 30.5. The molecule has 1 fully saturated rings. The van der Waals surface area contributed by atoms with Crippen LogP contribution in [0.25, 0.3) is 5.76 Å². The first-order valence-electron chi connectivity index (χ1n) is 13.0. The maximum Gasteiger partial charge on any atom is 0.295 e. The number of aliphatic hydroxyl groups is 1. The highest BCUT2D eigenvalue weighted by Crippen LogP contribution is 2.41. The minimum absolute atomic E-state index is 0.0575. The summed E-state index contributed by atoms with van der Waals surface area (Å²) >= 11 is 0. The Bertz CT molecular complexity index is 1200. The maximum absolute atomic E-state index is 13.4. The highest BCUT2D eigenvalue weighted by Gasteiger charge is 2.46. The van der Waals surface area contributed by atoms with Crippen molar-refractivity contribution in [2.75, 3.05) is 32.8 Å². The third kappa shape index (κ3) is 5.57. The number of aliphatic hydroxyl groups excluding tert-OH is 1. The first kappa shape index (κ1) is 26.5. The zero-order valence-electron chi connectivity index (χ0n) is 21.9. The van der Waals surface area contributed by atoms with Gasteiger partial charge in [0.25, 0.3) is 11.7 Å². The van der Waals surface area contributed by atoms with Crippen molar-refractivity contribution in [3.05, 3.63) is 77.4 Å². The van der Waals surface area contributed by atoms with Gasteiger partial charge in [-0.2, -0.15) is 0 Å². The first-order chi connectivity index (χ1) is 17.9. The number of Topliss-reactive ketones (excluding diaryl/α,β-unsaturated/α-hetero) is 1. The van der Waals surface area contributed by atoms with E-state index in [1.807, 2.05) is 43.3 Å². The SMILES string of the molecule is C=CCOc1cccc([C@H]2/C(=C(\O)c3ccc4c(c3)C[C@@H](C)O4)C(=O)C(=O)N2CCCN(CC)CC)c1. The molecule has 2 aromatic rings. The molecule has 7 heteroatoms. The Hall–Kier alpha value is -3.58. The van der Waals surface area contributed by atoms with Crippen molar-refractivity contribution in [2.24, 2.45) is 0 Å². The molecule has 0 saturated carbocycles. The number of benzene rings is 2. The Labute approximate surface area is 219 Å². The number of likely N-dealkylation sites (tertiary alicyclic amines) is 1. The lowest BCUT2D eigenvalue weighted by molar-refractivity contribution is -0.140. The number of carbonyl (C=O) groups is 2. The number of hydrogen-bond acceptors (Lipinski definition) is 6. The average molecular weight is 505 g/mol. The van der Waals surface area contributed by atoms with Crippen molar-refractivity contribution in [2.45, 2.75) is 45.8 Å². The van der Waals surface area contributed by atoms with Crippen LogP contribution in [-0.2, 0) is 16.0 Å². The molecule has 0 bridgehead atoms. The standard InChI is InChI=1S/C30H36N2O5/c1-5-16-36-24-11-8-10-21(19-24)27-26(28(33)22-12-13-25-23(18-22)17-20(4)37-25)29(34)30(35)32(27)15-9-14-31(6-2)7-3/h5,8,10-13,18-20,27,33H,1,6-7,9,14-17H2,2-4H3/b28-26+/t20-,27+/m1/s1. The van der Waals surface area contributed by atoms with Crippen molar-refractivity contribution in [1.82, 2.24) is 9.80 Å². The Balaban J connectivity index is 1.74. The van der Waals surface area contributed by atoms with Crippen LogP contribution in [0.5, 0.6) is 11.5 Å². The van der Waals surface area contributed by atoms with E-state index in [1.165, 1.54) is 0 Å². The number of nitrogens with zero attached hydrogens (tertiary/aromatic N) is 2. The van der Waals surface area contributed by atoms with Crippen LogP contribution in [0.3, 0.4) is 0 Å². The van der Waals surface area contributed by atoms with Crippen molar-refractivity contribution in [1.29, 1.82) is 0 Å². The quantitative estimate of drug-likeness (QED) is 0.206. The van der Waals surface area contributed by atoms with Crippen molar-refractivity contribution in [3.63, 3.8) is 0 Å². The molecule has 4 rings (SSSR count). The fourth-order valence-electron chi connectivity index (χ4n) is 5.12. The van der Waals surface area contributed by atoms with Crippen LogP contribution >= 0.6 is 0 Å². The molecule has 1 N–H and O–H groups in total. The smallest absolute Gasteiger partial charge is 0.295 e. The van der Waals surface area contributed by atoms with Gasteiger partial charge in [0, 0.05) is 18.5 Å². The molecule has 0 radical (unpaired) electrons. The van der Waals surface area contributed by atoms with E-state index < -0.39 is 17.7 Å². The van der Waals surface area contributed by atoms with Gasteiger partial charge in [-0.05, 0) is 74.4 Å². The largest absolute Gasteiger partial charge is 0.507 e. The molecule has 2 heterocycles. The molecule has 0 spiro atoms. The first-order valence-corrected chi connectivity index (χ1v) is 13.0. The number of ether oxygens (including phenoxy) is 2. The molecule has 2 aliphatic rings. The van der Waals surface area contributed by atoms with Gasteiger partial charge in [0.05, 0.1) is 11.6 Å². The Morgan fingerprint density at radius 2 is 2.00 bits per heavy atom. The van der Waals surface area contributed by atoms with Gasteiger partial charge >= 0.3 is 0 Å². The lowest BCUT2D eigenvalue weighted by Crippen LogP contribution is -2.33. The zero-order chi connectivity index (χ0) is 26.5. The minimum Gasteiger partial charge on any atom is -0.507 e. The topological polar surface area (TPSA) is 79.3 Å². The maximum atomic E-state index is 13.4. The summed E-state index contributed by atoms with van der Waals surface area (Å²) in [6.45, 7) is 13.3. The second-order valence-corrected chi connectivity index (χ2v) is 9.50. The Kier molecular flexibility index (Phi) is 8.34. The molecule has 0 unspecified atom stereocenters. The van der Waals surface area contributed by atoms with Gasteiger partial charge < -0.3 is 24.4 Å². The summed E-state index contributed by atoms with van der Waals surface area (Å²) in [6.07, 6.45) is 3.15. The van der Waals surface area contributed by atoms with Gasteiger partial charge in [-0.3, -0.25) is 9.59 Å². The highest BCUT2D eigenvalue weighted by atomic mass is 16.5. The molecule has 0 aromatic heterocycles. The van der Waals surface area contributed by atoms with E-state index in [2.05, 4.69) is 25.3 Å². The van der Waals surface area contributed by atoms with Gasteiger partial charge in [0.15, 0.2) is 0 Å². The van der Waals surface area contributed by atoms with E-state index in [1.54, 1.807) is 17.0 Å². The lowest BCUT2D eigenvalue weighted by atomic mass is 9.94. The van der Waals surface area contributed by atoms with E-state index in [0.29, 0.717) is 36.4 Å². The Morgan fingerprint density at radius 3 is 2.73 bits per heavy atom. The van der Waals surface area contributed by atoms with E-state index in [0.717, 1.165) is 37.4 Å². The second-order valence-electron chi connectivity index (χ2n) is 9.50. The van der Waals surface area contributed by atoms with Crippen molar-refractivity contribution < 1.29 is 24.2 Å². The second kappa shape index (κ2) is 11.6. The van der Waals surface area contributed by atoms with Crippen LogP contribution in [0, 0.1) is 0 Å². The molecule has 1 amide bonds. The van der Waals surface area contributed by atoms with Gasteiger partial charge in [0.2, 0.25) is 0 Å². The van der Waals surface area contributed by atoms with Crippen LogP contribution in [0.2, 0.25) is 0 Å². The predicted octanol–water partition coefficient (Wildman–Crippen LogP) is 4.73. The van der Waals surface area contributed by atoms with Gasteiger partial charge in [-0.25, -0.2) is 0 Å². The molecule has 1 saturated heterocycles. The monoisotopic (exact) mass is 504 g/mol. The van der Waals surface area contributed by atoms with E-state index in [4.69, 9.17) is 9.47 Å².